The van der Waals surface area contributed by atoms with E-state index in [0.29, 0.717) is 17.7 Å². The predicted molar refractivity (Wildman–Crippen MR) is 126 cm³/mol. The lowest BCUT2D eigenvalue weighted by molar-refractivity contribution is -0.106. The lowest BCUT2D eigenvalue weighted by atomic mass is 9.86. The van der Waals surface area contributed by atoms with Crippen molar-refractivity contribution in [1.82, 2.24) is 0 Å². The van der Waals surface area contributed by atoms with Gasteiger partial charge in [-0.2, -0.15) is 0 Å². The molecule has 2 unspecified atom stereocenters. The first-order valence-electron chi connectivity index (χ1n) is 10.0. The number of nitrogens with zero attached hydrogens (tertiary/aromatic N) is 1. The molecule has 0 spiro atoms. The largest absolute Gasteiger partial charge is 0.497 e. The van der Waals surface area contributed by atoms with Crippen LogP contribution >= 0.6 is 0 Å². The molecule has 1 aliphatic rings. The SMILES string of the molecule is C=C(OC)c1ccc(-c2ccc3c(c2)C(C)CC(C)N3C)cc1.C=CC.CC=O. The molecule has 1 aliphatic heterocycles. The molecule has 2 atom stereocenters. The molecule has 2 aromatic carbocycles. The molecule has 0 fully saturated rings. The van der Waals surface area contributed by atoms with E-state index in [2.05, 4.69) is 81.4 Å². The second-order valence-corrected chi connectivity index (χ2v) is 7.22. The second kappa shape index (κ2) is 11.9. The van der Waals surface area contributed by atoms with E-state index in [9.17, 15) is 0 Å². The number of rotatable bonds is 3. The molecule has 0 amide bonds. The van der Waals surface area contributed by atoms with Crippen LogP contribution in [0.25, 0.3) is 16.9 Å². The molecule has 2 aromatic rings. The molecule has 29 heavy (non-hydrogen) atoms. The van der Waals surface area contributed by atoms with Gasteiger partial charge in [0.25, 0.3) is 0 Å². The molecule has 3 heteroatoms. The Balaban J connectivity index is 0.000000626. The molecule has 0 radical (unpaired) electrons. The summed E-state index contributed by atoms with van der Waals surface area (Å²) in [7, 11) is 3.85. The van der Waals surface area contributed by atoms with Gasteiger partial charge >= 0.3 is 0 Å². The Bertz CT molecular complexity index is 802. The average molecular weight is 394 g/mol. The summed E-state index contributed by atoms with van der Waals surface area (Å²) in [6, 6.07) is 15.8. The molecule has 3 rings (SSSR count). The van der Waals surface area contributed by atoms with Gasteiger partial charge in [-0.3, -0.25) is 0 Å². The number of allylic oxidation sites excluding steroid dienone is 1. The maximum atomic E-state index is 8.81. The van der Waals surface area contributed by atoms with E-state index in [-0.39, 0.29) is 0 Å². The van der Waals surface area contributed by atoms with Gasteiger partial charge in [0.1, 0.15) is 12.0 Å². The van der Waals surface area contributed by atoms with Crippen LogP contribution in [0.2, 0.25) is 0 Å². The van der Waals surface area contributed by atoms with Crippen LogP contribution in [-0.4, -0.2) is 26.5 Å². The van der Waals surface area contributed by atoms with Crippen LogP contribution in [0.4, 0.5) is 5.69 Å². The third kappa shape index (κ3) is 6.35. The molecule has 0 N–H and O–H groups in total. The minimum atomic E-state index is 0.600. The number of carbonyl (C=O) groups is 1. The van der Waals surface area contributed by atoms with E-state index in [1.807, 2.05) is 6.92 Å². The molecule has 156 valence electrons. The Kier molecular flexibility index (Phi) is 9.94. The van der Waals surface area contributed by atoms with Crippen molar-refractivity contribution in [3.63, 3.8) is 0 Å². The van der Waals surface area contributed by atoms with Crippen molar-refractivity contribution < 1.29 is 9.53 Å². The lowest BCUT2D eigenvalue weighted by Gasteiger charge is -2.37. The molecule has 0 aliphatic carbocycles. The minimum absolute atomic E-state index is 0.600. The zero-order valence-corrected chi connectivity index (χ0v) is 18.7. The molecule has 0 bridgehead atoms. The standard InChI is InChI=1S/C21H25NO.C3H6.C2H4O/c1-14-12-15(2)22(4)21-11-10-19(13-20(14)21)18-8-6-17(7-9-18)16(3)23-5;1-3-2;1-2-3/h6-11,13-15H,3,12H2,1-2,4-5H3;3H,1H2,2H3;2H,1H3. The van der Waals surface area contributed by atoms with Gasteiger partial charge in [-0.25, -0.2) is 0 Å². The number of methoxy groups -OCH3 is 1. The number of aldehydes is 1. The zero-order chi connectivity index (χ0) is 22.0. The first-order valence-corrected chi connectivity index (χ1v) is 10.0. The van der Waals surface area contributed by atoms with E-state index in [4.69, 9.17) is 9.53 Å². The van der Waals surface area contributed by atoms with Crippen molar-refractivity contribution in [2.75, 3.05) is 19.1 Å². The second-order valence-electron chi connectivity index (χ2n) is 7.22. The van der Waals surface area contributed by atoms with Gasteiger partial charge < -0.3 is 14.4 Å². The lowest BCUT2D eigenvalue weighted by Crippen LogP contribution is -2.34. The van der Waals surface area contributed by atoms with Crippen LogP contribution in [0, 0.1) is 0 Å². The van der Waals surface area contributed by atoms with Crippen LogP contribution < -0.4 is 4.90 Å². The maximum Gasteiger partial charge on any atom is 0.118 e. The summed E-state index contributed by atoms with van der Waals surface area (Å²) < 4.78 is 5.19. The first kappa shape index (κ1) is 24.2. The van der Waals surface area contributed by atoms with E-state index in [1.54, 1.807) is 13.2 Å². The monoisotopic (exact) mass is 393 g/mol. The van der Waals surface area contributed by atoms with Crippen LogP contribution in [0.1, 0.15) is 51.2 Å². The zero-order valence-electron chi connectivity index (χ0n) is 18.7. The molecule has 0 aromatic heterocycles. The number of fused-ring (bicyclic) bond motifs is 1. The number of hydrogen-bond acceptors (Lipinski definition) is 3. The maximum absolute atomic E-state index is 8.81. The fraction of sp³-hybridized carbons (Fsp3) is 0.346. The summed E-state index contributed by atoms with van der Waals surface area (Å²) in [5.74, 6) is 1.30. The van der Waals surface area contributed by atoms with Crippen LogP contribution in [0.15, 0.2) is 61.7 Å². The summed E-state index contributed by atoms with van der Waals surface area (Å²) in [4.78, 5) is 11.2. The third-order valence-corrected chi connectivity index (χ3v) is 5.08. The normalized spacial score (nSPS) is 16.8. The molecule has 3 nitrogen and oxygen atoms in total. The molecule has 1 heterocycles. The van der Waals surface area contributed by atoms with E-state index >= 15 is 0 Å². The number of ether oxygens (including phenoxy) is 1. The Morgan fingerprint density at radius 1 is 1.10 bits per heavy atom. The van der Waals surface area contributed by atoms with Crippen molar-refractivity contribution in [3.8, 4) is 11.1 Å². The number of benzene rings is 2. The van der Waals surface area contributed by atoms with Crippen LogP contribution in [0.3, 0.4) is 0 Å². The Morgan fingerprint density at radius 3 is 2.14 bits per heavy atom. The minimum Gasteiger partial charge on any atom is -0.497 e. The molecule has 0 saturated heterocycles. The van der Waals surface area contributed by atoms with Gasteiger partial charge in [0.15, 0.2) is 0 Å². The van der Waals surface area contributed by atoms with E-state index < -0.39 is 0 Å². The van der Waals surface area contributed by atoms with Crippen LogP contribution in [0.5, 0.6) is 0 Å². The van der Waals surface area contributed by atoms with Crippen molar-refractivity contribution >= 4 is 17.7 Å². The van der Waals surface area contributed by atoms with Crippen LogP contribution in [-0.2, 0) is 9.53 Å². The van der Waals surface area contributed by atoms with E-state index in [1.165, 1.54) is 35.7 Å². The van der Waals surface area contributed by atoms with Gasteiger partial charge in [0.2, 0.25) is 0 Å². The summed E-state index contributed by atoms with van der Waals surface area (Å²) in [5.41, 5.74) is 6.34. The Hall–Kier alpha value is -2.81. The van der Waals surface area contributed by atoms with Crippen molar-refractivity contribution in [2.45, 2.75) is 46.1 Å². The fourth-order valence-corrected chi connectivity index (χ4v) is 3.45. The quantitative estimate of drug-likeness (QED) is 0.330. The smallest absolute Gasteiger partial charge is 0.118 e. The summed E-state index contributed by atoms with van der Waals surface area (Å²) in [5, 5.41) is 0. The van der Waals surface area contributed by atoms with Gasteiger partial charge in [-0.05, 0) is 61.9 Å². The molecular formula is C26H35NO2. The van der Waals surface area contributed by atoms with Gasteiger partial charge in [0, 0.05) is 24.3 Å². The highest BCUT2D eigenvalue weighted by molar-refractivity contribution is 5.72. The Morgan fingerprint density at radius 2 is 1.62 bits per heavy atom. The topological polar surface area (TPSA) is 29.5 Å². The first-order chi connectivity index (χ1) is 13.8. The summed E-state index contributed by atoms with van der Waals surface area (Å²) in [6.07, 6.45) is 3.71. The van der Waals surface area contributed by atoms with Crippen molar-refractivity contribution in [1.29, 1.82) is 0 Å². The van der Waals surface area contributed by atoms with Gasteiger partial charge in [-0.15, -0.1) is 6.58 Å². The number of anilines is 1. The fourth-order valence-electron chi connectivity index (χ4n) is 3.45. The van der Waals surface area contributed by atoms with Crippen molar-refractivity contribution in [2.24, 2.45) is 0 Å². The highest BCUT2D eigenvalue weighted by Gasteiger charge is 2.25. The average Bonchev–Trinajstić information content (AvgIpc) is 2.72. The predicted octanol–water partition coefficient (Wildman–Crippen LogP) is 6.70. The van der Waals surface area contributed by atoms with E-state index in [0.717, 1.165) is 11.8 Å². The summed E-state index contributed by atoms with van der Waals surface area (Å²) >= 11 is 0. The van der Waals surface area contributed by atoms with Gasteiger partial charge in [-0.1, -0.05) is 49.9 Å². The number of hydrogen-bond donors (Lipinski definition) is 0. The molecule has 0 saturated carbocycles. The van der Waals surface area contributed by atoms with Gasteiger partial charge in [0.05, 0.1) is 7.11 Å². The number of carbonyl (C=O) groups excluding carboxylic acids is 1. The highest BCUT2D eigenvalue weighted by Crippen LogP contribution is 2.39. The molecular weight excluding hydrogens is 358 g/mol. The highest BCUT2D eigenvalue weighted by atomic mass is 16.5. The Labute approximate surface area is 176 Å². The summed E-state index contributed by atoms with van der Waals surface area (Å²) in [6.45, 7) is 15.2. The third-order valence-electron chi connectivity index (χ3n) is 5.08. The van der Waals surface area contributed by atoms with Crippen molar-refractivity contribution in [3.05, 3.63) is 72.8 Å².